The van der Waals surface area contributed by atoms with Gasteiger partial charge in [-0.3, -0.25) is 24.3 Å². The van der Waals surface area contributed by atoms with Gasteiger partial charge in [0.25, 0.3) is 0 Å². The average Bonchev–Trinajstić information content (AvgIpc) is 2.75. The van der Waals surface area contributed by atoms with Gasteiger partial charge >= 0.3 is 0 Å². The molecule has 164 valence electrons. The van der Waals surface area contributed by atoms with Crippen LogP contribution in [0.15, 0.2) is 42.6 Å². The number of rotatable bonds is 6. The van der Waals surface area contributed by atoms with Crippen molar-refractivity contribution in [1.29, 1.82) is 0 Å². The van der Waals surface area contributed by atoms with Gasteiger partial charge in [-0.25, -0.2) is 0 Å². The molecule has 1 aliphatic heterocycles. The Balaban J connectivity index is 1.70. The predicted octanol–water partition coefficient (Wildman–Crippen LogP) is 2.41. The van der Waals surface area contributed by atoms with Crippen LogP contribution >= 0.6 is 11.6 Å². The number of amides is 3. The molecule has 1 aromatic heterocycles. The molecule has 0 aliphatic carbocycles. The summed E-state index contributed by atoms with van der Waals surface area (Å²) in [6.45, 7) is 2.63. The molecule has 8 nitrogen and oxygen atoms in total. The highest BCUT2D eigenvalue weighted by Crippen LogP contribution is 2.33. The molecule has 3 amide bonds. The molecular formula is C22H26ClN5O3. The summed E-state index contributed by atoms with van der Waals surface area (Å²) in [7, 11) is 1.62. The smallest absolute Gasteiger partial charge is 0.238 e. The number of aromatic nitrogens is 1. The van der Waals surface area contributed by atoms with Crippen molar-refractivity contribution < 1.29 is 14.4 Å². The van der Waals surface area contributed by atoms with Crippen molar-refractivity contribution in [3.05, 3.63) is 53.3 Å². The molecule has 1 atom stereocenters. The molecule has 1 saturated heterocycles. The Kier molecular flexibility index (Phi) is 7.25. The molecule has 31 heavy (non-hydrogen) atoms. The van der Waals surface area contributed by atoms with Crippen molar-refractivity contribution in [3.63, 3.8) is 0 Å². The second-order valence-electron chi connectivity index (χ2n) is 7.61. The van der Waals surface area contributed by atoms with Crippen molar-refractivity contribution in [1.82, 2.24) is 15.2 Å². The van der Waals surface area contributed by atoms with E-state index in [1.165, 1.54) is 6.92 Å². The van der Waals surface area contributed by atoms with Crippen LogP contribution in [0.1, 0.15) is 25.5 Å². The molecule has 1 aromatic carbocycles. The Bertz CT molecular complexity index is 969. The Labute approximate surface area is 186 Å². The molecule has 1 fully saturated rings. The summed E-state index contributed by atoms with van der Waals surface area (Å²) in [6.07, 6.45) is 3.11. The van der Waals surface area contributed by atoms with Gasteiger partial charge in [-0.1, -0.05) is 17.7 Å². The van der Waals surface area contributed by atoms with Crippen molar-refractivity contribution in [2.24, 2.45) is 0 Å². The first-order valence-corrected chi connectivity index (χ1v) is 10.4. The standard InChI is InChI=1S/C22H26ClN5O3/c1-15(29)26-16-7-8-18(17(23)12-16)27-20(30)13-28-11-5-9-22(14-28,21(31)24-2)19-6-3-4-10-25-19/h3-4,6-8,10,12H,5,9,11,13-14H2,1-2H3,(H,24,31)(H,26,29)(H,27,30)/t22-/m1/s1. The van der Waals surface area contributed by atoms with Gasteiger partial charge < -0.3 is 16.0 Å². The summed E-state index contributed by atoms with van der Waals surface area (Å²) < 4.78 is 0. The quantitative estimate of drug-likeness (QED) is 0.636. The lowest BCUT2D eigenvalue weighted by molar-refractivity contribution is -0.130. The van der Waals surface area contributed by atoms with Gasteiger partial charge in [-0.05, 0) is 49.7 Å². The molecule has 2 aromatic rings. The van der Waals surface area contributed by atoms with Gasteiger partial charge in [0.1, 0.15) is 5.41 Å². The highest BCUT2D eigenvalue weighted by atomic mass is 35.5. The Morgan fingerprint density at radius 2 is 2.00 bits per heavy atom. The summed E-state index contributed by atoms with van der Waals surface area (Å²) in [4.78, 5) is 43.1. The Hall–Kier alpha value is -2.97. The first-order valence-electron chi connectivity index (χ1n) is 10.1. The van der Waals surface area contributed by atoms with Gasteiger partial charge in [0.15, 0.2) is 0 Å². The third-order valence-corrected chi connectivity index (χ3v) is 5.63. The minimum Gasteiger partial charge on any atom is -0.358 e. The zero-order valence-corrected chi connectivity index (χ0v) is 18.3. The van der Waals surface area contributed by atoms with Gasteiger partial charge in [0.2, 0.25) is 17.7 Å². The molecule has 0 radical (unpaired) electrons. The molecule has 0 spiro atoms. The van der Waals surface area contributed by atoms with Crippen molar-refractivity contribution in [3.8, 4) is 0 Å². The molecular weight excluding hydrogens is 418 g/mol. The van der Waals surface area contributed by atoms with Gasteiger partial charge in [-0.2, -0.15) is 0 Å². The third-order valence-electron chi connectivity index (χ3n) is 5.32. The first-order chi connectivity index (χ1) is 14.8. The summed E-state index contributed by atoms with van der Waals surface area (Å²) in [5.41, 5.74) is 0.917. The van der Waals surface area contributed by atoms with E-state index in [9.17, 15) is 14.4 Å². The van der Waals surface area contributed by atoms with Gasteiger partial charge in [-0.15, -0.1) is 0 Å². The molecule has 0 saturated carbocycles. The van der Waals surface area contributed by atoms with E-state index < -0.39 is 5.41 Å². The van der Waals surface area contributed by atoms with E-state index in [-0.39, 0.29) is 24.3 Å². The average molecular weight is 444 g/mol. The van der Waals surface area contributed by atoms with Crippen LogP contribution in [-0.4, -0.2) is 54.3 Å². The van der Waals surface area contributed by atoms with Gasteiger partial charge in [0, 0.05) is 32.4 Å². The SMILES string of the molecule is CNC(=O)[C@]1(c2ccccn2)CCCN(CC(=O)Nc2ccc(NC(C)=O)cc2Cl)C1. The van der Waals surface area contributed by atoms with Crippen LogP contribution in [0.2, 0.25) is 5.02 Å². The van der Waals surface area contributed by atoms with Crippen molar-refractivity contribution in [2.75, 3.05) is 37.3 Å². The number of carbonyl (C=O) groups is 3. The highest BCUT2D eigenvalue weighted by molar-refractivity contribution is 6.34. The van der Waals surface area contributed by atoms with E-state index in [2.05, 4.69) is 20.9 Å². The number of anilines is 2. The lowest BCUT2D eigenvalue weighted by Gasteiger charge is -2.40. The largest absolute Gasteiger partial charge is 0.358 e. The molecule has 1 aliphatic rings. The summed E-state index contributed by atoms with van der Waals surface area (Å²) in [5.74, 6) is -0.540. The lowest BCUT2D eigenvalue weighted by Crippen LogP contribution is -2.55. The third kappa shape index (κ3) is 5.39. The van der Waals surface area contributed by atoms with Crippen molar-refractivity contribution >= 4 is 40.7 Å². The van der Waals surface area contributed by atoms with Crippen LogP contribution in [0.4, 0.5) is 11.4 Å². The number of likely N-dealkylation sites (N-methyl/N-ethyl adjacent to an activating group) is 1. The van der Waals surface area contributed by atoms with E-state index in [0.717, 1.165) is 6.42 Å². The summed E-state index contributed by atoms with van der Waals surface area (Å²) >= 11 is 6.24. The number of likely N-dealkylation sites (tertiary alicyclic amines) is 1. The van der Waals surface area contributed by atoms with E-state index in [1.807, 2.05) is 23.1 Å². The maximum absolute atomic E-state index is 12.8. The number of benzene rings is 1. The second-order valence-corrected chi connectivity index (χ2v) is 8.02. The maximum Gasteiger partial charge on any atom is 0.238 e. The molecule has 3 rings (SSSR count). The summed E-state index contributed by atoms with van der Waals surface area (Å²) in [6, 6.07) is 10.4. The van der Waals surface area contributed by atoms with E-state index >= 15 is 0 Å². The number of hydrogen-bond acceptors (Lipinski definition) is 5. The number of hydrogen-bond donors (Lipinski definition) is 3. The minimum absolute atomic E-state index is 0.104. The topological polar surface area (TPSA) is 103 Å². The number of nitrogens with one attached hydrogen (secondary N) is 3. The molecule has 0 bridgehead atoms. The maximum atomic E-state index is 12.8. The van der Waals surface area contributed by atoms with E-state index in [4.69, 9.17) is 11.6 Å². The van der Waals surface area contributed by atoms with Crippen LogP contribution in [0.5, 0.6) is 0 Å². The van der Waals surface area contributed by atoms with E-state index in [0.29, 0.717) is 41.6 Å². The normalized spacial score (nSPS) is 18.8. The zero-order chi connectivity index (χ0) is 22.4. The second kappa shape index (κ2) is 9.89. The number of carbonyl (C=O) groups excluding carboxylic acids is 3. The molecule has 9 heteroatoms. The van der Waals surface area contributed by atoms with Crippen LogP contribution in [0.3, 0.4) is 0 Å². The van der Waals surface area contributed by atoms with E-state index in [1.54, 1.807) is 31.4 Å². The monoisotopic (exact) mass is 443 g/mol. The van der Waals surface area contributed by atoms with Crippen LogP contribution < -0.4 is 16.0 Å². The first kappa shape index (κ1) is 22.7. The fourth-order valence-corrected chi connectivity index (χ4v) is 4.19. The van der Waals surface area contributed by atoms with Crippen molar-refractivity contribution in [2.45, 2.75) is 25.2 Å². The van der Waals surface area contributed by atoms with Crippen LogP contribution in [0, 0.1) is 0 Å². The zero-order valence-electron chi connectivity index (χ0n) is 17.6. The fraction of sp³-hybridized carbons (Fsp3) is 0.364. The molecule has 2 heterocycles. The number of halogens is 1. The Morgan fingerprint density at radius 1 is 1.19 bits per heavy atom. The molecule has 0 unspecified atom stereocenters. The number of piperidine rings is 1. The predicted molar refractivity (Wildman–Crippen MR) is 120 cm³/mol. The highest BCUT2D eigenvalue weighted by Gasteiger charge is 2.44. The summed E-state index contributed by atoms with van der Waals surface area (Å²) in [5, 5.41) is 8.54. The Morgan fingerprint density at radius 3 is 2.65 bits per heavy atom. The minimum atomic E-state index is -0.799. The lowest BCUT2D eigenvalue weighted by atomic mass is 9.75. The van der Waals surface area contributed by atoms with Crippen LogP contribution in [0.25, 0.3) is 0 Å². The van der Waals surface area contributed by atoms with Gasteiger partial charge in [0.05, 0.1) is 22.9 Å². The fourth-order valence-electron chi connectivity index (χ4n) is 3.97. The number of pyridine rings is 1. The van der Waals surface area contributed by atoms with Crippen LogP contribution in [-0.2, 0) is 19.8 Å². The number of nitrogens with zero attached hydrogens (tertiary/aromatic N) is 2. The molecule has 3 N–H and O–H groups in total.